The van der Waals surface area contributed by atoms with Crippen molar-refractivity contribution in [3.63, 3.8) is 0 Å². The zero-order chi connectivity index (χ0) is 14.8. The fourth-order valence-corrected chi connectivity index (χ4v) is 3.30. The quantitative estimate of drug-likeness (QED) is 0.798. The van der Waals surface area contributed by atoms with Crippen LogP contribution in [-0.2, 0) is 19.5 Å². The topological polar surface area (TPSA) is 90.7 Å². The van der Waals surface area contributed by atoms with Gasteiger partial charge in [-0.05, 0) is 12.1 Å². The Morgan fingerprint density at radius 2 is 2.20 bits per heavy atom. The van der Waals surface area contributed by atoms with Crippen molar-refractivity contribution in [2.75, 3.05) is 32.1 Å². The van der Waals surface area contributed by atoms with Gasteiger partial charge < -0.3 is 15.2 Å². The lowest BCUT2D eigenvalue weighted by Gasteiger charge is -2.23. The van der Waals surface area contributed by atoms with Crippen molar-refractivity contribution < 1.29 is 22.3 Å². The summed E-state index contributed by atoms with van der Waals surface area (Å²) in [6.45, 7) is 1.25. The molecule has 6 nitrogen and oxygen atoms in total. The SMILES string of the molecule is Nc1cc(S(=O)(=O)NCC2COCCO2)c(Cl)cc1F. The van der Waals surface area contributed by atoms with E-state index in [0.717, 1.165) is 12.1 Å². The third-order valence-electron chi connectivity index (χ3n) is 2.73. The van der Waals surface area contributed by atoms with Gasteiger partial charge in [-0.1, -0.05) is 11.6 Å². The maximum atomic E-state index is 13.2. The van der Waals surface area contributed by atoms with E-state index >= 15 is 0 Å². The van der Waals surface area contributed by atoms with Crippen LogP contribution in [-0.4, -0.2) is 40.9 Å². The smallest absolute Gasteiger partial charge is 0.242 e. The molecule has 1 fully saturated rings. The Bertz CT molecular complexity index is 590. The summed E-state index contributed by atoms with van der Waals surface area (Å²) < 4.78 is 50.1. The summed E-state index contributed by atoms with van der Waals surface area (Å²) in [4.78, 5) is -0.269. The molecule has 0 aromatic heterocycles. The Balaban J connectivity index is 2.11. The molecule has 0 spiro atoms. The lowest BCUT2D eigenvalue weighted by molar-refractivity contribution is -0.0846. The Morgan fingerprint density at radius 3 is 2.85 bits per heavy atom. The first-order valence-electron chi connectivity index (χ1n) is 5.83. The molecule has 1 unspecified atom stereocenters. The minimum atomic E-state index is -3.89. The number of halogens is 2. The highest BCUT2D eigenvalue weighted by molar-refractivity contribution is 7.89. The van der Waals surface area contributed by atoms with Crippen LogP contribution in [0.5, 0.6) is 0 Å². The second-order valence-corrected chi connectivity index (χ2v) is 6.37. The average Bonchev–Trinajstić information content (AvgIpc) is 2.42. The molecule has 0 radical (unpaired) electrons. The van der Waals surface area contributed by atoms with Crippen molar-refractivity contribution >= 4 is 27.3 Å². The molecule has 0 bridgehead atoms. The van der Waals surface area contributed by atoms with Crippen LogP contribution in [0.1, 0.15) is 0 Å². The highest BCUT2D eigenvalue weighted by atomic mass is 35.5. The van der Waals surface area contributed by atoms with Gasteiger partial charge in [0.25, 0.3) is 0 Å². The van der Waals surface area contributed by atoms with Gasteiger partial charge in [0.05, 0.1) is 36.6 Å². The fourth-order valence-electron chi connectivity index (χ4n) is 1.69. The average molecular weight is 325 g/mol. The number of hydrogen-bond acceptors (Lipinski definition) is 5. The highest BCUT2D eigenvalue weighted by Gasteiger charge is 2.22. The Kier molecular flexibility index (Phi) is 4.82. The molecule has 0 saturated carbocycles. The number of nitrogens with one attached hydrogen (secondary N) is 1. The molecule has 20 heavy (non-hydrogen) atoms. The third-order valence-corrected chi connectivity index (χ3v) is 4.61. The van der Waals surface area contributed by atoms with E-state index < -0.39 is 15.8 Å². The van der Waals surface area contributed by atoms with Crippen LogP contribution in [0.25, 0.3) is 0 Å². The molecule has 1 aromatic rings. The first-order chi connectivity index (χ1) is 9.40. The van der Waals surface area contributed by atoms with Gasteiger partial charge in [0, 0.05) is 6.54 Å². The van der Waals surface area contributed by atoms with Crippen LogP contribution in [0.15, 0.2) is 17.0 Å². The lowest BCUT2D eigenvalue weighted by Crippen LogP contribution is -2.39. The Labute approximate surface area is 121 Å². The predicted octanol–water partition coefficient (Wildman–Crippen LogP) is 0.755. The summed E-state index contributed by atoms with van der Waals surface area (Å²) in [5.74, 6) is -0.766. The van der Waals surface area contributed by atoms with Crippen molar-refractivity contribution in [2.45, 2.75) is 11.0 Å². The molecule has 1 heterocycles. The van der Waals surface area contributed by atoms with Crippen LogP contribution in [0.3, 0.4) is 0 Å². The lowest BCUT2D eigenvalue weighted by atomic mass is 10.3. The van der Waals surface area contributed by atoms with E-state index in [1.165, 1.54) is 0 Å². The van der Waals surface area contributed by atoms with Crippen molar-refractivity contribution in [3.8, 4) is 0 Å². The monoisotopic (exact) mass is 324 g/mol. The van der Waals surface area contributed by atoms with Crippen LogP contribution >= 0.6 is 11.6 Å². The zero-order valence-corrected chi connectivity index (χ0v) is 12.0. The maximum Gasteiger partial charge on any atom is 0.242 e. The molecule has 1 atom stereocenters. The van der Waals surface area contributed by atoms with Crippen LogP contribution in [0.4, 0.5) is 10.1 Å². The fraction of sp³-hybridized carbons (Fsp3) is 0.455. The normalized spacial score (nSPS) is 20.0. The first kappa shape index (κ1) is 15.5. The third kappa shape index (κ3) is 3.58. The number of hydrogen-bond donors (Lipinski definition) is 2. The molecule has 1 aromatic carbocycles. The molecule has 0 amide bonds. The largest absolute Gasteiger partial charge is 0.396 e. The minimum Gasteiger partial charge on any atom is -0.396 e. The second kappa shape index (κ2) is 6.23. The summed E-state index contributed by atoms with van der Waals surface area (Å²) in [5.41, 5.74) is 5.07. The number of ether oxygens (including phenoxy) is 2. The summed E-state index contributed by atoms with van der Waals surface area (Å²) >= 11 is 5.74. The van der Waals surface area contributed by atoms with Gasteiger partial charge in [-0.25, -0.2) is 17.5 Å². The van der Waals surface area contributed by atoms with Crippen molar-refractivity contribution in [1.82, 2.24) is 4.72 Å². The van der Waals surface area contributed by atoms with Crippen molar-refractivity contribution in [1.29, 1.82) is 0 Å². The summed E-state index contributed by atoms with van der Waals surface area (Å²) in [7, 11) is -3.89. The number of anilines is 1. The molecular weight excluding hydrogens is 311 g/mol. The zero-order valence-electron chi connectivity index (χ0n) is 10.4. The van der Waals surface area contributed by atoms with Gasteiger partial charge in [-0.3, -0.25) is 0 Å². The molecule has 1 saturated heterocycles. The number of rotatable bonds is 4. The summed E-state index contributed by atoms with van der Waals surface area (Å²) in [5, 5.41) is -0.231. The molecular formula is C11H14ClFN2O4S. The number of sulfonamides is 1. The Hall–Kier alpha value is -0.930. The van der Waals surface area contributed by atoms with E-state index in [2.05, 4.69) is 4.72 Å². The van der Waals surface area contributed by atoms with Gasteiger partial charge in [-0.15, -0.1) is 0 Å². The van der Waals surface area contributed by atoms with Crippen LogP contribution < -0.4 is 10.5 Å². The van der Waals surface area contributed by atoms with Crippen molar-refractivity contribution in [3.05, 3.63) is 23.0 Å². The molecule has 1 aliphatic rings. The number of benzene rings is 1. The van der Waals surface area contributed by atoms with Gasteiger partial charge >= 0.3 is 0 Å². The van der Waals surface area contributed by atoms with Gasteiger partial charge in [0.15, 0.2) is 0 Å². The van der Waals surface area contributed by atoms with E-state index in [9.17, 15) is 12.8 Å². The number of nitrogens with two attached hydrogens (primary N) is 1. The van der Waals surface area contributed by atoms with Crippen molar-refractivity contribution in [2.24, 2.45) is 0 Å². The van der Waals surface area contributed by atoms with E-state index in [-0.39, 0.29) is 28.3 Å². The first-order valence-corrected chi connectivity index (χ1v) is 7.70. The molecule has 3 N–H and O–H groups in total. The molecule has 112 valence electrons. The maximum absolute atomic E-state index is 13.2. The van der Waals surface area contributed by atoms with Gasteiger partial charge in [0.1, 0.15) is 10.7 Å². The molecule has 0 aliphatic carbocycles. The van der Waals surface area contributed by atoms with Crippen LogP contribution in [0, 0.1) is 5.82 Å². The minimum absolute atomic E-state index is 0.0376. The van der Waals surface area contributed by atoms with E-state index in [1.807, 2.05) is 0 Å². The van der Waals surface area contributed by atoms with E-state index in [0.29, 0.717) is 19.8 Å². The van der Waals surface area contributed by atoms with Gasteiger partial charge in [0.2, 0.25) is 10.0 Å². The molecule has 9 heteroatoms. The highest BCUT2D eigenvalue weighted by Crippen LogP contribution is 2.26. The molecule has 1 aliphatic heterocycles. The van der Waals surface area contributed by atoms with E-state index in [4.69, 9.17) is 26.8 Å². The summed E-state index contributed by atoms with van der Waals surface area (Å²) in [6.07, 6.45) is -0.366. The second-order valence-electron chi connectivity index (χ2n) is 4.22. The number of nitrogen functional groups attached to an aromatic ring is 1. The predicted molar refractivity (Wildman–Crippen MR) is 71.6 cm³/mol. The summed E-state index contributed by atoms with van der Waals surface area (Å²) in [6, 6.07) is 1.85. The Morgan fingerprint density at radius 1 is 1.45 bits per heavy atom. The van der Waals surface area contributed by atoms with Gasteiger partial charge in [-0.2, -0.15) is 0 Å². The van der Waals surface area contributed by atoms with E-state index in [1.54, 1.807) is 0 Å². The standard InChI is InChI=1S/C11H14ClFN2O4S/c12-8-3-9(13)10(14)4-11(8)20(16,17)15-5-7-6-18-1-2-19-7/h3-4,7,15H,1-2,5-6,14H2. The molecule has 2 rings (SSSR count). The van der Waals surface area contributed by atoms with Crippen LogP contribution in [0.2, 0.25) is 5.02 Å².